The Balaban J connectivity index is 2.02. The van der Waals surface area contributed by atoms with Crippen LogP contribution in [0.3, 0.4) is 0 Å². The van der Waals surface area contributed by atoms with Gasteiger partial charge in [-0.2, -0.15) is 0 Å². The van der Waals surface area contributed by atoms with Crippen LogP contribution in [0.25, 0.3) is 0 Å². The number of carboxylic acids is 1. The Labute approximate surface area is 137 Å². The SMILES string of the molecule is CCCNC1(C(=O)O)CCCC(Sc2nnc(SC)s2)C1. The van der Waals surface area contributed by atoms with E-state index in [9.17, 15) is 9.90 Å². The summed E-state index contributed by atoms with van der Waals surface area (Å²) in [7, 11) is 0. The van der Waals surface area contributed by atoms with Crippen LogP contribution < -0.4 is 5.32 Å². The third kappa shape index (κ3) is 4.34. The Morgan fingerprint density at radius 1 is 1.52 bits per heavy atom. The lowest BCUT2D eigenvalue weighted by molar-refractivity contribution is -0.146. The lowest BCUT2D eigenvalue weighted by Crippen LogP contribution is -2.55. The molecular weight excluding hydrogens is 326 g/mol. The number of nitrogens with one attached hydrogen (secondary N) is 1. The van der Waals surface area contributed by atoms with Gasteiger partial charge in [-0.1, -0.05) is 41.8 Å². The highest BCUT2D eigenvalue weighted by Crippen LogP contribution is 2.40. The van der Waals surface area contributed by atoms with E-state index >= 15 is 0 Å². The number of nitrogens with zero attached hydrogens (tertiary/aromatic N) is 2. The number of hydrogen-bond acceptors (Lipinski definition) is 7. The van der Waals surface area contributed by atoms with Gasteiger partial charge in [-0.05, 0) is 44.9 Å². The van der Waals surface area contributed by atoms with Crippen LogP contribution >= 0.6 is 34.9 Å². The van der Waals surface area contributed by atoms with E-state index in [0.29, 0.717) is 18.1 Å². The Bertz CT molecular complexity index is 483. The molecule has 1 aliphatic carbocycles. The molecule has 1 fully saturated rings. The summed E-state index contributed by atoms with van der Waals surface area (Å²) in [5.74, 6) is -0.719. The van der Waals surface area contributed by atoms with Gasteiger partial charge in [-0.3, -0.25) is 4.79 Å². The Kier molecular flexibility index (Phi) is 6.34. The summed E-state index contributed by atoms with van der Waals surface area (Å²) < 4.78 is 1.91. The average molecular weight is 348 g/mol. The van der Waals surface area contributed by atoms with E-state index in [1.165, 1.54) is 0 Å². The van der Waals surface area contributed by atoms with Gasteiger partial charge in [-0.15, -0.1) is 10.2 Å². The molecule has 0 aromatic carbocycles. The minimum Gasteiger partial charge on any atom is -0.480 e. The summed E-state index contributed by atoms with van der Waals surface area (Å²) in [6, 6.07) is 0. The first kappa shape index (κ1) is 17.1. The van der Waals surface area contributed by atoms with Crippen LogP contribution in [0, 0.1) is 0 Å². The van der Waals surface area contributed by atoms with Crippen molar-refractivity contribution in [3.05, 3.63) is 0 Å². The van der Waals surface area contributed by atoms with Crippen molar-refractivity contribution in [3.63, 3.8) is 0 Å². The van der Waals surface area contributed by atoms with Crippen molar-refractivity contribution in [1.29, 1.82) is 0 Å². The minimum absolute atomic E-state index is 0.293. The fourth-order valence-corrected chi connectivity index (χ4v) is 5.62. The second-order valence-electron chi connectivity index (χ2n) is 5.19. The van der Waals surface area contributed by atoms with Crippen LogP contribution in [0.5, 0.6) is 0 Å². The monoisotopic (exact) mass is 347 g/mol. The fraction of sp³-hybridized carbons (Fsp3) is 0.769. The van der Waals surface area contributed by atoms with Crippen LogP contribution in [-0.2, 0) is 4.79 Å². The van der Waals surface area contributed by atoms with Crippen molar-refractivity contribution in [2.75, 3.05) is 12.8 Å². The molecule has 2 rings (SSSR count). The standard InChI is InChI=1S/C13H21N3O2S3/c1-3-7-14-13(10(17)18)6-4-5-9(8-13)20-12-16-15-11(19-2)21-12/h9,14H,3-8H2,1-2H3,(H,17,18). The van der Waals surface area contributed by atoms with Crippen LogP contribution in [-0.4, -0.2) is 44.9 Å². The van der Waals surface area contributed by atoms with Gasteiger partial charge < -0.3 is 10.4 Å². The summed E-state index contributed by atoms with van der Waals surface area (Å²) in [5.41, 5.74) is -0.765. The van der Waals surface area contributed by atoms with E-state index in [4.69, 9.17) is 0 Å². The molecule has 8 heteroatoms. The van der Waals surface area contributed by atoms with E-state index in [1.54, 1.807) is 34.9 Å². The van der Waals surface area contributed by atoms with Gasteiger partial charge in [0.1, 0.15) is 5.54 Å². The summed E-state index contributed by atoms with van der Waals surface area (Å²) in [4.78, 5) is 11.7. The molecule has 2 N–H and O–H groups in total. The highest BCUT2D eigenvalue weighted by atomic mass is 32.2. The number of rotatable bonds is 7. The first-order chi connectivity index (χ1) is 10.1. The third-order valence-corrected chi connectivity index (χ3v) is 6.91. The molecule has 0 spiro atoms. The largest absolute Gasteiger partial charge is 0.480 e. The predicted molar refractivity (Wildman–Crippen MR) is 88.5 cm³/mol. The van der Waals surface area contributed by atoms with Crippen molar-refractivity contribution >= 4 is 40.8 Å². The molecule has 0 saturated heterocycles. The van der Waals surface area contributed by atoms with E-state index < -0.39 is 11.5 Å². The number of thioether (sulfide) groups is 2. The molecule has 118 valence electrons. The van der Waals surface area contributed by atoms with E-state index in [-0.39, 0.29) is 0 Å². The van der Waals surface area contributed by atoms with Crippen molar-refractivity contribution < 1.29 is 9.90 Å². The predicted octanol–water partition coefficient (Wildman–Crippen LogP) is 3.12. The maximum atomic E-state index is 11.7. The summed E-state index contributed by atoms with van der Waals surface area (Å²) in [6.07, 6.45) is 6.28. The molecule has 1 aliphatic rings. The molecule has 2 atom stereocenters. The highest BCUT2D eigenvalue weighted by molar-refractivity contribution is 8.03. The fourth-order valence-electron chi connectivity index (χ4n) is 2.59. The number of aliphatic carboxylic acids is 1. The van der Waals surface area contributed by atoms with E-state index in [0.717, 1.165) is 34.5 Å². The zero-order valence-corrected chi connectivity index (χ0v) is 14.7. The lowest BCUT2D eigenvalue weighted by Gasteiger charge is -2.37. The number of carboxylic acid groups (broad SMARTS) is 1. The molecule has 0 aliphatic heterocycles. The van der Waals surface area contributed by atoms with Crippen molar-refractivity contribution in [2.45, 2.75) is 58.5 Å². The van der Waals surface area contributed by atoms with Crippen LogP contribution in [0.15, 0.2) is 8.68 Å². The maximum Gasteiger partial charge on any atom is 0.323 e. The average Bonchev–Trinajstić information content (AvgIpc) is 2.93. The molecule has 2 unspecified atom stereocenters. The smallest absolute Gasteiger partial charge is 0.323 e. The van der Waals surface area contributed by atoms with Crippen LogP contribution in [0.2, 0.25) is 0 Å². The summed E-state index contributed by atoms with van der Waals surface area (Å²) in [6.45, 7) is 2.81. The molecule has 0 bridgehead atoms. The van der Waals surface area contributed by atoms with Gasteiger partial charge in [0, 0.05) is 5.25 Å². The molecule has 21 heavy (non-hydrogen) atoms. The Hall–Kier alpha value is -0.310. The van der Waals surface area contributed by atoms with Gasteiger partial charge in [0.25, 0.3) is 0 Å². The third-order valence-electron chi connectivity index (χ3n) is 3.66. The first-order valence-corrected chi connectivity index (χ1v) is 10.0. The van der Waals surface area contributed by atoms with Gasteiger partial charge in [-0.25, -0.2) is 0 Å². The Morgan fingerprint density at radius 3 is 2.90 bits per heavy atom. The van der Waals surface area contributed by atoms with E-state index in [1.807, 2.05) is 6.26 Å². The molecule has 1 aromatic rings. The van der Waals surface area contributed by atoms with Gasteiger partial charge >= 0.3 is 5.97 Å². The zero-order valence-electron chi connectivity index (χ0n) is 12.3. The first-order valence-electron chi connectivity index (χ1n) is 7.12. The normalized spacial score (nSPS) is 25.9. The maximum absolute atomic E-state index is 11.7. The van der Waals surface area contributed by atoms with Gasteiger partial charge in [0.2, 0.25) is 0 Å². The molecule has 1 saturated carbocycles. The second kappa shape index (κ2) is 7.80. The van der Waals surface area contributed by atoms with Gasteiger partial charge in [0.15, 0.2) is 8.68 Å². The second-order valence-corrected chi connectivity index (χ2v) is 8.77. The molecule has 1 aromatic heterocycles. The van der Waals surface area contributed by atoms with Crippen LogP contribution in [0.4, 0.5) is 0 Å². The Morgan fingerprint density at radius 2 is 2.29 bits per heavy atom. The number of carbonyl (C=O) groups is 1. The number of hydrogen-bond donors (Lipinski definition) is 2. The molecule has 0 radical (unpaired) electrons. The molecule has 0 amide bonds. The topological polar surface area (TPSA) is 75.1 Å². The molecule has 5 nitrogen and oxygen atoms in total. The highest BCUT2D eigenvalue weighted by Gasteiger charge is 2.42. The minimum atomic E-state index is -0.765. The van der Waals surface area contributed by atoms with Crippen molar-refractivity contribution in [3.8, 4) is 0 Å². The van der Waals surface area contributed by atoms with E-state index in [2.05, 4.69) is 22.4 Å². The molecular formula is C13H21N3O2S3. The number of aromatic nitrogens is 2. The summed E-state index contributed by atoms with van der Waals surface area (Å²) in [5, 5.41) is 21.5. The summed E-state index contributed by atoms with van der Waals surface area (Å²) >= 11 is 4.86. The van der Waals surface area contributed by atoms with Gasteiger partial charge in [0.05, 0.1) is 0 Å². The molecule has 1 heterocycles. The van der Waals surface area contributed by atoms with Crippen molar-refractivity contribution in [2.24, 2.45) is 0 Å². The quantitative estimate of drug-likeness (QED) is 0.734. The lowest BCUT2D eigenvalue weighted by atomic mass is 9.81. The van der Waals surface area contributed by atoms with Crippen molar-refractivity contribution in [1.82, 2.24) is 15.5 Å². The van der Waals surface area contributed by atoms with Crippen LogP contribution in [0.1, 0.15) is 39.0 Å². The zero-order chi connectivity index (χ0) is 15.3.